The summed E-state index contributed by atoms with van der Waals surface area (Å²) in [5.74, 6) is 1.95. The SMILES string of the molecule is c1ccc(-c2ccc3c(-c4nc(-c5ccccc5)nc(-c5ccc6c(-c7cccc8ccccc78)cccc6c5)n4)cccc3c2)cc1. The number of fused-ring (bicyclic) bond motifs is 3. The van der Waals surface area contributed by atoms with E-state index in [9.17, 15) is 0 Å². The molecule has 0 saturated heterocycles. The number of aromatic nitrogens is 3. The normalized spacial score (nSPS) is 11.3. The van der Waals surface area contributed by atoms with Crippen LogP contribution in [-0.4, -0.2) is 15.0 Å². The molecule has 0 amide bonds. The van der Waals surface area contributed by atoms with Crippen LogP contribution in [0.4, 0.5) is 0 Å². The minimum atomic E-state index is 0.647. The second-order valence-electron chi connectivity index (χ2n) is 12.0. The van der Waals surface area contributed by atoms with Crippen molar-refractivity contribution in [3.05, 3.63) is 176 Å². The zero-order valence-corrected chi connectivity index (χ0v) is 26.1. The molecule has 3 heteroatoms. The van der Waals surface area contributed by atoms with Crippen molar-refractivity contribution in [1.82, 2.24) is 15.0 Å². The van der Waals surface area contributed by atoms with Gasteiger partial charge >= 0.3 is 0 Å². The van der Waals surface area contributed by atoms with Crippen LogP contribution in [0.25, 0.3) is 88.7 Å². The predicted octanol–water partition coefficient (Wildman–Crippen LogP) is 11.7. The first-order valence-corrected chi connectivity index (χ1v) is 16.2. The second kappa shape index (κ2) is 11.7. The lowest BCUT2D eigenvalue weighted by molar-refractivity contribution is 1.08. The maximum atomic E-state index is 5.14. The van der Waals surface area contributed by atoms with E-state index in [4.69, 9.17) is 15.0 Å². The summed E-state index contributed by atoms with van der Waals surface area (Å²) in [6.07, 6.45) is 0. The van der Waals surface area contributed by atoms with E-state index in [0.717, 1.165) is 32.8 Å². The molecule has 0 spiro atoms. The summed E-state index contributed by atoms with van der Waals surface area (Å²) in [4.78, 5) is 15.2. The van der Waals surface area contributed by atoms with Gasteiger partial charge in [-0.05, 0) is 66.7 Å². The number of hydrogen-bond acceptors (Lipinski definition) is 3. The highest BCUT2D eigenvalue weighted by Gasteiger charge is 2.16. The first kappa shape index (κ1) is 27.8. The Balaban J connectivity index is 1.20. The van der Waals surface area contributed by atoms with Crippen LogP contribution in [0.2, 0.25) is 0 Å². The Kier molecular flexibility index (Phi) is 6.80. The van der Waals surface area contributed by atoms with E-state index in [1.54, 1.807) is 0 Å². The lowest BCUT2D eigenvalue weighted by Gasteiger charge is -2.13. The molecule has 48 heavy (non-hydrogen) atoms. The first-order chi connectivity index (χ1) is 23.8. The first-order valence-electron chi connectivity index (χ1n) is 16.2. The van der Waals surface area contributed by atoms with Crippen LogP contribution in [0.1, 0.15) is 0 Å². The monoisotopic (exact) mass is 611 g/mol. The maximum absolute atomic E-state index is 5.14. The zero-order chi connectivity index (χ0) is 31.9. The van der Waals surface area contributed by atoms with E-state index >= 15 is 0 Å². The topological polar surface area (TPSA) is 38.7 Å². The Labute approximate surface area is 278 Å². The molecule has 0 saturated carbocycles. The molecule has 0 aliphatic carbocycles. The highest BCUT2D eigenvalue weighted by atomic mass is 15.0. The minimum absolute atomic E-state index is 0.647. The van der Waals surface area contributed by atoms with E-state index in [1.165, 1.54) is 38.4 Å². The molecule has 9 aromatic rings. The summed E-state index contributed by atoms with van der Waals surface area (Å²) >= 11 is 0. The van der Waals surface area contributed by atoms with Gasteiger partial charge in [-0.25, -0.2) is 15.0 Å². The van der Waals surface area contributed by atoms with Gasteiger partial charge in [-0.15, -0.1) is 0 Å². The maximum Gasteiger partial charge on any atom is 0.164 e. The smallest absolute Gasteiger partial charge is 0.164 e. The van der Waals surface area contributed by atoms with Crippen molar-refractivity contribution < 1.29 is 0 Å². The Morgan fingerprint density at radius 2 is 0.708 bits per heavy atom. The summed E-state index contributed by atoms with van der Waals surface area (Å²) in [5.41, 5.74) is 7.69. The quantitative estimate of drug-likeness (QED) is 0.194. The van der Waals surface area contributed by atoms with Crippen molar-refractivity contribution in [2.45, 2.75) is 0 Å². The molecular formula is C45H29N3. The number of nitrogens with zero attached hydrogens (tertiary/aromatic N) is 3. The summed E-state index contributed by atoms with van der Waals surface area (Å²) in [7, 11) is 0. The lowest BCUT2D eigenvalue weighted by atomic mass is 9.93. The molecule has 1 aromatic heterocycles. The van der Waals surface area contributed by atoms with E-state index in [0.29, 0.717) is 17.5 Å². The van der Waals surface area contributed by atoms with Crippen LogP contribution in [0, 0.1) is 0 Å². The van der Waals surface area contributed by atoms with Crippen molar-refractivity contribution in [2.75, 3.05) is 0 Å². The summed E-state index contributed by atoms with van der Waals surface area (Å²) in [6, 6.07) is 61.7. The lowest BCUT2D eigenvalue weighted by Crippen LogP contribution is -2.00. The third-order valence-corrected chi connectivity index (χ3v) is 9.11. The summed E-state index contributed by atoms with van der Waals surface area (Å²) in [5, 5.41) is 7.06. The van der Waals surface area contributed by atoms with Gasteiger partial charge in [0.25, 0.3) is 0 Å². The van der Waals surface area contributed by atoms with E-state index in [2.05, 4.69) is 152 Å². The van der Waals surface area contributed by atoms with Crippen LogP contribution in [0.3, 0.4) is 0 Å². The molecule has 3 nitrogen and oxygen atoms in total. The Bertz CT molecular complexity index is 2600. The van der Waals surface area contributed by atoms with Crippen molar-refractivity contribution in [2.24, 2.45) is 0 Å². The molecular weight excluding hydrogens is 583 g/mol. The van der Waals surface area contributed by atoms with Crippen molar-refractivity contribution in [1.29, 1.82) is 0 Å². The fourth-order valence-electron chi connectivity index (χ4n) is 6.75. The Morgan fingerprint density at radius 1 is 0.250 bits per heavy atom. The molecule has 0 bridgehead atoms. The zero-order valence-electron chi connectivity index (χ0n) is 26.1. The van der Waals surface area contributed by atoms with Crippen LogP contribution >= 0.6 is 0 Å². The molecule has 1 heterocycles. The summed E-state index contributed by atoms with van der Waals surface area (Å²) < 4.78 is 0. The standard InChI is InChI=1S/C45H29N3/c1-3-12-30(13-4-1)33-24-26-39-34(28-33)19-11-23-42(39)45-47-43(32-15-5-2-6-16-32)46-44(48-45)36-25-27-38-35(29-36)18-10-22-41(38)40-21-9-17-31-14-7-8-20-37(31)40/h1-29H. The molecule has 8 aromatic carbocycles. The van der Waals surface area contributed by atoms with Crippen molar-refractivity contribution in [3.8, 4) is 56.4 Å². The van der Waals surface area contributed by atoms with Gasteiger partial charge in [-0.3, -0.25) is 0 Å². The molecule has 0 aliphatic heterocycles. The van der Waals surface area contributed by atoms with Crippen LogP contribution in [0.15, 0.2) is 176 Å². The number of benzene rings is 8. The van der Waals surface area contributed by atoms with E-state index in [-0.39, 0.29) is 0 Å². The third kappa shape index (κ3) is 4.99. The average Bonchev–Trinajstić information content (AvgIpc) is 3.17. The molecule has 9 rings (SSSR count). The van der Waals surface area contributed by atoms with Gasteiger partial charge in [0, 0.05) is 16.7 Å². The van der Waals surface area contributed by atoms with Crippen molar-refractivity contribution >= 4 is 32.3 Å². The van der Waals surface area contributed by atoms with Gasteiger partial charge < -0.3 is 0 Å². The largest absolute Gasteiger partial charge is 0.208 e. The third-order valence-electron chi connectivity index (χ3n) is 9.11. The van der Waals surface area contributed by atoms with Gasteiger partial charge in [0.2, 0.25) is 0 Å². The van der Waals surface area contributed by atoms with E-state index in [1.807, 2.05) is 24.3 Å². The Hall–Kier alpha value is -6.45. The molecule has 0 radical (unpaired) electrons. The number of hydrogen-bond donors (Lipinski definition) is 0. The highest BCUT2D eigenvalue weighted by molar-refractivity contribution is 6.06. The molecule has 0 N–H and O–H groups in total. The van der Waals surface area contributed by atoms with Crippen LogP contribution < -0.4 is 0 Å². The Morgan fingerprint density at radius 3 is 1.42 bits per heavy atom. The van der Waals surface area contributed by atoms with Crippen LogP contribution in [-0.2, 0) is 0 Å². The summed E-state index contributed by atoms with van der Waals surface area (Å²) in [6.45, 7) is 0. The molecule has 224 valence electrons. The van der Waals surface area contributed by atoms with Gasteiger partial charge in [0.15, 0.2) is 17.5 Å². The molecule has 0 fully saturated rings. The fraction of sp³-hybridized carbons (Fsp3) is 0. The predicted molar refractivity (Wildman–Crippen MR) is 200 cm³/mol. The van der Waals surface area contributed by atoms with Gasteiger partial charge in [-0.1, -0.05) is 164 Å². The van der Waals surface area contributed by atoms with Crippen molar-refractivity contribution in [3.63, 3.8) is 0 Å². The van der Waals surface area contributed by atoms with Gasteiger partial charge in [0.05, 0.1) is 0 Å². The van der Waals surface area contributed by atoms with Gasteiger partial charge in [-0.2, -0.15) is 0 Å². The fourth-order valence-corrected chi connectivity index (χ4v) is 6.75. The highest BCUT2D eigenvalue weighted by Crippen LogP contribution is 2.36. The van der Waals surface area contributed by atoms with Crippen LogP contribution in [0.5, 0.6) is 0 Å². The molecule has 0 atom stereocenters. The molecule has 0 aliphatic rings. The number of rotatable bonds is 5. The second-order valence-corrected chi connectivity index (χ2v) is 12.0. The molecule has 0 unspecified atom stereocenters. The minimum Gasteiger partial charge on any atom is -0.208 e. The average molecular weight is 612 g/mol. The van der Waals surface area contributed by atoms with E-state index < -0.39 is 0 Å². The van der Waals surface area contributed by atoms with Gasteiger partial charge in [0.1, 0.15) is 0 Å².